The molecule has 3 amide bonds. The second-order valence-corrected chi connectivity index (χ2v) is 6.99. The lowest BCUT2D eigenvalue weighted by atomic mass is 10.1. The summed E-state index contributed by atoms with van der Waals surface area (Å²) in [6, 6.07) is 5.50. The average Bonchev–Trinajstić information content (AvgIpc) is 3.19. The number of amides is 3. The minimum atomic E-state index is -0.162. The van der Waals surface area contributed by atoms with Crippen LogP contribution in [0.1, 0.15) is 17.3 Å². The number of benzene rings is 1. The molecule has 1 aromatic carbocycles. The molecule has 136 valence electrons. The Balaban J connectivity index is 1.85. The lowest BCUT2D eigenvalue weighted by Gasteiger charge is -2.23. The van der Waals surface area contributed by atoms with Crippen LogP contribution in [-0.2, 0) is 0 Å². The number of rotatable bonds is 4. The fourth-order valence-electron chi connectivity index (χ4n) is 3.71. The number of nitrogens with one attached hydrogen (secondary N) is 1. The van der Waals surface area contributed by atoms with Crippen molar-refractivity contribution in [3.63, 3.8) is 0 Å². The van der Waals surface area contributed by atoms with Crippen molar-refractivity contribution in [2.75, 3.05) is 52.3 Å². The molecule has 1 aromatic rings. The van der Waals surface area contributed by atoms with Gasteiger partial charge in [-0.15, -0.1) is 0 Å². The number of hydrogen-bond donors (Lipinski definition) is 1. The van der Waals surface area contributed by atoms with E-state index in [1.807, 2.05) is 19.0 Å². The van der Waals surface area contributed by atoms with Gasteiger partial charge in [-0.25, -0.2) is 4.79 Å². The van der Waals surface area contributed by atoms with E-state index in [4.69, 9.17) is 4.74 Å². The van der Waals surface area contributed by atoms with Crippen molar-refractivity contribution in [2.45, 2.75) is 13.0 Å². The van der Waals surface area contributed by atoms with E-state index in [1.165, 1.54) is 0 Å². The highest BCUT2D eigenvalue weighted by atomic mass is 16.5. The van der Waals surface area contributed by atoms with Crippen LogP contribution in [0.5, 0.6) is 5.75 Å². The van der Waals surface area contributed by atoms with Gasteiger partial charge in [0.2, 0.25) is 0 Å². The van der Waals surface area contributed by atoms with E-state index in [2.05, 4.69) is 17.1 Å². The van der Waals surface area contributed by atoms with E-state index in [0.29, 0.717) is 42.0 Å². The Morgan fingerprint density at radius 2 is 2.08 bits per heavy atom. The maximum atomic E-state index is 13.0. The second-order valence-electron chi connectivity index (χ2n) is 6.99. The Kier molecular flexibility index (Phi) is 4.85. The minimum Gasteiger partial charge on any atom is -0.495 e. The smallest absolute Gasteiger partial charge is 0.322 e. The lowest BCUT2D eigenvalue weighted by molar-refractivity contribution is 0.0781. The molecular formula is C18H26N4O3. The molecule has 2 aliphatic rings. The monoisotopic (exact) mass is 346 g/mol. The summed E-state index contributed by atoms with van der Waals surface area (Å²) in [7, 11) is 5.66. The quantitative estimate of drug-likeness (QED) is 0.891. The largest absolute Gasteiger partial charge is 0.495 e. The number of methoxy groups -OCH3 is 1. The number of carbonyl (C=O) groups excluding carboxylic acids is 2. The van der Waals surface area contributed by atoms with Gasteiger partial charge in [-0.3, -0.25) is 9.69 Å². The maximum Gasteiger partial charge on any atom is 0.322 e. The summed E-state index contributed by atoms with van der Waals surface area (Å²) < 4.78 is 5.38. The molecule has 0 bridgehead atoms. The van der Waals surface area contributed by atoms with Gasteiger partial charge in [0.15, 0.2) is 0 Å². The standard InChI is InChI=1S/C18H26N4O3/c1-12-10-21(11-15(12)20(2)3)17(23)13-5-6-16(25-4)14(9-13)22-8-7-19-18(22)24/h5-6,9,12,15H,7-8,10-11H2,1-4H3,(H,19,24)/t12-,15-/m1/s1. The predicted molar refractivity (Wildman–Crippen MR) is 96.3 cm³/mol. The zero-order valence-corrected chi connectivity index (χ0v) is 15.3. The van der Waals surface area contributed by atoms with Crippen molar-refractivity contribution in [1.82, 2.24) is 15.1 Å². The molecule has 0 saturated carbocycles. The normalized spacial score (nSPS) is 23.3. The molecule has 1 N–H and O–H groups in total. The van der Waals surface area contributed by atoms with Crippen molar-refractivity contribution in [2.24, 2.45) is 5.92 Å². The summed E-state index contributed by atoms with van der Waals surface area (Å²) >= 11 is 0. The van der Waals surface area contributed by atoms with Gasteiger partial charge in [0.05, 0.1) is 12.8 Å². The zero-order valence-electron chi connectivity index (χ0n) is 15.3. The average molecular weight is 346 g/mol. The second kappa shape index (κ2) is 6.92. The van der Waals surface area contributed by atoms with Crippen LogP contribution in [0.25, 0.3) is 0 Å². The van der Waals surface area contributed by atoms with Crippen molar-refractivity contribution in [3.05, 3.63) is 23.8 Å². The fraction of sp³-hybridized carbons (Fsp3) is 0.556. The van der Waals surface area contributed by atoms with Crippen LogP contribution >= 0.6 is 0 Å². The van der Waals surface area contributed by atoms with Gasteiger partial charge in [0, 0.05) is 37.8 Å². The fourth-order valence-corrected chi connectivity index (χ4v) is 3.71. The van der Waals surface area contributed by atoms with Crippen LogP contribution in [0.3, 0.4) is 0 Å². The number of anilines is 1. The molecule has 3 rings (SSSR count). The number of nitrogens with zero attached hydrogens (tertiary/aromatic N) is 3. The number of ether oxygens (including phenoxy) is 1. The molecule has 2 aliphatic heterocycles. The van der Waals surface area contributed by atoms with E-state index >= 15 is 0 Å². The van der Waals surface area contributed by atoms with Crippen molar-refractivity contribution < 1.29 is 14.3 Å². The molecule has 0 unspecified atom stereocenters. The Hall–Kier alpha value is -2.28. The number of urea groups is 1. The highest BCUT2D eigenvalue weighted by molar-refractivity contribution is 6.00. The van der Waals surface area contributed by atoms with E-state index in [0.717, 1.165) is 13.1 Å². The third-order valence-electron chi connectivity index (χ3n) is 5.10. The molecule has 0 aromatic heterocycles. The van der Waals surface area contributed by atoms with Crippen LogP contribution in [0.2, 0.25) is 0 Å². The third kappa shape index (κ3) is 3.28. The van der Waals surface area contributed by atoms with Gasteiger partial charge < -0.3 is 19.9 Å². The first kappa shape index (κ1) is 17.5. The maximum absolute atomic E-state index is 13.0. The van der Waals surface area contributed by atoms with E-state index < -0.39 is 0 Å². The molecule has 7 nitrogen and oxygen atoms in total. The SMILES string of the molecule is COc1ccc(C(=O)N2C[C@@H](C)[C@H](N(C)C)C2)cc1N1CCNC1=O. The molecule has 25 heavy (non-hydrogen) atoms. The first-order valence-corrected chi connectivity index (χ1v) is 8.61. The molecule has 2 heterocycles. The summed E-state index contributed by atoms with van der Waals surface area (Å²) in [6.45, 7) is 4.79. The number of likely N-dealkylation sites (N-methyl/N-ethyl adjacent to an activating group) is 1. The molecule has 0 spiro atoms. The zero-order chi connectivity index (χ0) is 18.1. The van der Waals surface area contributed by atoms with Crippen LogP contribution in [0.4, 0.5) is 10.5 Å². The van der Waals surface area contributed by atoms with Gasteiger partial charge in [-0.2, -0.15) is 0 Å². The summed E-state index contributed by atoms with van der Waals surface area (Å²) in [5.41, 5.74) is 1.22. The number of hydrogen-bond acceptors (Lipinski definition) is 4. The molecule has 7 heteroatoms. The van der Waals surface area contributed by atoms with Crippen LogP contribution in [0, 0.1) is 5.92 Å². The minimum absolute atomic E-state index is 0.000270. The molecule has 2 fully saturated rings. The van der Waals surface area contributed by atoms with Gasteiger partial charge in [-0.05, 0) is 38.2 Å². The van der Waals surface area contributed by atoms with Gasteiger partial charge in [0.1, 0.15) is 5.75 Å². The van der Waals surface area contributed by atoms with Crippen molar-refractivity contribution >= 4 is 17.6 Å². The predicted octanol–water partition coefficient (Wildman–Crippen LogP) is 1.25. The van der Waals surface area contributed by atoms with Crippen LogP contribution in [-0.4, -0.2) is 75.2 Å². The van der Waals surface area contributed by atoms with Gasteiger partial charge in [0.25, 0.3) is 5.91 Å². The Labute approximate surface area is 148 Å². The molecule has 2 saturated heterocycles. The Morgan fingerprint density at radius 1 is 1.32 bits per heavy atom. The van der Waals surface area contributed by atoms with Gasteiger partial charge >= 0.3 is 6.03 Å². The van der Waals surface area contributed by atoms with Crippen LogP contribution in [0.15, 0.2) is 18.2 Å². The van der Waals surface area contributed by atoms with E-state index in [9.17, 15) is 9.59 Å². The Bertz CT molecular complexity index is 676. The van der Waals surface area contributed by atoms with Crippen LogP contribution < -0.4 is 15.0 Å². The van der Waals surface area contributed by atoms with Crippen molar-refractivity contribution in [1.29, 1.82) is 0 Å². The van der Waals surface area contributed by atoms with Gasteiger partial charge in [-0.1, -0.05) is 6.92 Å². The topological polar surface area (TPSA) is 65.1 Å². The van der Waals surface area contributed by atoms with E-state index in [-0.39, 0.29) is 11.9 Å². The Morgan fingerprint density at radius 3 is 2.64 bits per heavy atom. The lowest BCUT2D eigenvalue weighted by Crippen LogP contribution is -2.36. The highest BCUT2D eigenvalue weighted by Gasteiger charge is 2.34. The third-order valence-corrected chi connectivity index (χ3v) is 5.10. The molecular weight excluding hydrogens is 320 g/mol. The molecule has 2 atom stereocenters. The molecule has 0 radical (unpaired) electrons. The first-order valence-electron chi connectivity index (χ1n) is 8.61. The summed E-state index contributed by atoms with van der Waals surface area (Å²) in [5, 5.41) is 2.78. The number of likely N-dealkylation sites (tertiary alicyclic amines) is 1. The molecule has 0 aliphatic carbocycles. The summed E-state index contributed by atoms with van der Waals surface area (Å²) in [5.74, 6) is 1.02. The first-order chi connectivity index (χ1) is 11.9. The summed E-state index contributed by atoms with van der Waals surface area (Å²) in [6.07, 6.45) is 0. The van der Waals surface area contributed by atoms with Crippen molar-refractivity contribution in [3.8, 4) is 5.75 Å². The van der Waals surface area contributed by atoms with E-state index in [1.54, 1.807) is 30.2 Å². The summed E-state index contributed by atoms with van der Waals surface area (Å²) in [4.78, 5) is 30.6. The highest BCUT2D eigenvalue weighted by Crippen LogP contribution is 2.31. The number of carbonyl (C=O) groups is 2.